The molecule has 0 saturated heterocycles. The standard InChI is InChI=1S/C25H26N6O4/c26-23(27)17-6-8-18(9-7-17)24(34)28-21(12-16-4-2-1-3-5-16)25(35)30-11-10-20-19(13-30)14-31(29-20)15-22(32)33/h1-9,14,21H,10-13,15H2,(H3,26,27)(H,28,34)(H,32,33)/t21-/m0/s1. The maximum atomic E-state index is 13.6. The first-order valence-corrected chi connectivity index (χ1v) is 11.1. The number of amidine groups is 1. The van der Waals surface area contributed by atoms with Crippen molar-refractivity contribution >= 4 is 23.6 Å². The molecule has 0 radical (unpaired) electrons. The maximum absolute atomic E-state index is 13.6. The molecule has 0 fully saturated rings. The van der Waals surface area contributed by atoms with Gasteiger partial charge in [0.2, 0.25) is 5.91 Å². The summed E-state index contributed by atoms with van der Waals surface area (Å²) >= 11 is 0. The Bertz CT molecular complexity index is 1250. The monoisotopic (exact) mass is 474 g/mol. The fraction of sp³-hybridized carbons (Fsp3) is 0.240. The first kappa shape index (κ1) is 23.7. The van der Waals surface area contributed by atoms with Crippen molar-refractivity contribution < 1.29 is 19.5 Å². The number of nitrogens with one attached hydrogen (secondary N) is 2. The minimum atomic E-state index is -0.986. The van der Waals surface area contributed by atoms with Crippen LogP contribution in [0.5, 0.6) is 0 Å². The van der Waals surface area contributed by atoms with Crippen LogP contribution in [-0.2, 0) is 35.5 Å². The van der Waals surface area contributed by atoms with Crippen LogP contribution in [0.1, 0.15) is 32.7 Å². The number of carboxylic acids is 1. The molecule has 180 valence electrons. The second-order valence-corrected chi connectivity index (χ2v) is 8.41. The van der Waals surface area contributed by atoms with Crippen LogP contribution in [0.2, 0.25) is 0 Å². The van der Waals surface area contributed by atoms with Crippen molar-refractivity contribution in [2.75, 3.05) is 6.54 Å². The van der Waals surface area contributed by atoms with Gasteiger partial charge in [-0.1, -0.05) is 42.5 Å². The minimum Gasteiger partial charge on any atom is -0.480 e. The summed E-state index contributed by atoms with van der Waals surface area (Å²) in [4.78, 5) is 39.2. The van der Waals surface area contributed by atoms with Crippen molar-refractivity contribution in [2.24, 2.45) is 5.73 Å². The molecule has 35 heavy (non-hydrogen) atoms. The van der Waals surface area contributed by atoms with Gasteiger partial charge < -0.3 is 21.1 Å². The maximum Gasteiger partial charge on any atom is 0.325 e. The Labute approximate surface area is 201 Å². The van der Waals surface area contributed by atoms with E-state index >= 15 is 0 Å². The number of aliphatic carboxylic acids is 1. The van der Waals surface area contributed by atoms with E-state index in [9.17, 15) is 14.4 Å². The molecule has 1 aliphatic heterocycles. The SMILES string of the molecule is N=C(N)c1ccc(C(=O)N[C@@H](Cc2ccccc2)C(=O)N2CCc3nn(CC(=O)O)cc3C2)cc1. The molecule has 2 heterocycles. The molecule has 0 aliphatic carbocycles. The van der Waals surface area contributed by atoms with Gasteiger partial charge in [-0.3, -0.25) is 24.5 Å². The third-order valence-electron chi connectivity index (χ3n) is 5.86. The Balaban J connectivity index is 1.52. The van der Waals surface area contributed by atoms with Crippen LogP contribution in [0.15, 0.2) is 60.8 Å². The predicted octanol–water partition coefficient (Wildman–Crippen LogP) is 1.18. The summed E-state index contributed by atoms with van der Waals surface area (Å²) in [5.74, 6) is -1.70. The van der Waals surface area contributed by atoms with Crippen LogP contribution in [0.25, 0.3) is 0 Å². The molecular formula is C25H26N6O4. The number of nitrogens with zero attached hydrogens (tertiary/aromatic N) is 3. The number of carbonyl (C=O) groups excluding carboxylic acids is 2. The Morgan fingerprint density at radius 3 is 2.43 bits per heavy atom. The number of nitrogens with two attached hydrogens (primary N) is 1. The lowest BCUT2D eigenvalue weighted by Gasteiger charge is -2.30. The quantitative estimate of drug-likeness (QED) is 0.284. The molecule has 0 saturated carbocycles. The topological polar surface area (TPSA) is 154 Å². The molecule has 1 aromatic heterocycles. The number of rotatable bonds is 8. The molecule has 10 nitrogen and oxygen atoms in total. The van der Waals surface area contributed by atoms with E-state index in [2.05, 4.69) is 10.4 Å². The lowest BCUT2D eigenvalue weighted by Crippen LogP contribution is -2.50. The molecule has 4 rings (SSSR count). The summed E-state index contributed by atoms with van der Waals surface area (Å²) < 4.78 is 1.37. The third kappa shape index (κ3) is 5.72. The minimum absolute atomic E-state index is 0.0924. The highest BCUT2D eigenvalue weighted by Crippen LogP contribution is 2.19. The lowest BCUT2D eigenvalue weighted by atomic mass is 10.0. The first-order chi connectivity index (χ1) is 16.8. The molecule has 3 aromatic rings. The molecular weight excluding hydrogens is 448 g/mol. The largest absolute Gasteiger partial charge is 0.480 e. The lowest BCUT2D eigenvalue weighted by molar-refractivity contribution is -0.138. The highest BCUT2D eigenvalue weighted by Gasteiger charge is 2.30. The zero-order valence-corrected chi connectivity index (χ0v) is 19.0. The van der Waals surface area contributed by atoms with Gasteiger partial charge in [0.15, 0.2) is 0 Å². The zero-order chi connectivity index (χ0) is 24.9. The van der Waals surface area contributed by atoms with Gasteiger partial charge in [0.1, 0.15) is 18.4 Å². The summed E-state index contributed by atoms with van der Waals surface area (Å²) in [5, 5.41) is 23.7. The van der Waals surface area contributed by atoms with Gasteiger partial charge in [-0.25, -0.2) is 0 Å². The third-order valence-corrected chi connectivity index (χ3v) is 5.86. The molecule has 2 amide bonds. The number of aromatic nitrogens is 2. The summed E-state index contributed by atoms with van der Waals surface area (Å²) in [7, 11) is 0. The average Bonchev–Trinajstić information content (AvgIpc) is 3.24. The van der Waals surface area contributed by atoms with E-state index in [4.69, 9.17) is 16.2 Å². The number of hydrogen-bond donors (Lipinski definition) is 4. The number of hydrogen-bond acceptors (Lipinski definition) is 5. The van der Waals surface area contributed by atoms with Gasteiger partial charge in [-0.15, -0.1) is 0 Å². The number of carboxylic acid groups (broad SMARTS) is 1. The fourth-order valence-electron chi connectivity index (χ4n) is 4.09. The van der Waals surface area contributed by atoms with Gasteiger partial charge in [0, 0.05) is 48.8 Å². The fourth-order valence-corrected chi connectivity index (χ4v) is 4.09. The van der Waals surface area contributed by atoms with Crippen LogP contribution in [0.4, 0.5) is 0 Å². The summed E-state index contributed by atoms with van der Waals surface area (Å²) in [6.07, 6.45) is 2.48. The predicted molar refractivity (Wildman–Crippen MR) is 128 cm³/mol. The van der Waals surface area contributed by atoms with E-state index in [1.165, 1.54) is 4.68 Å². The molecule has 10 heteroatoms. The molecule has 2 aromatic carbocycles. The smallest absolute Gasteiger partial charge is 0.325 e. The number of nitrogen functional groups attached to an aromatic ring is 1. The van der Waals surface area contributed by atoms with E-state index < -0.39 is 17.9 Å². The van der Waals surface area contributed by atoms with Crippen molar-refractivity contribution in [1.82, 2.24) is 20.0 Å². The summed E-state index contributed by atoms with van der Waals surface area (Å²) in [6, 6.07) is 15.0. The first-order valence-electron chi connectivity index (χ1n) is 11.1. The van der Waals surface area contributed by atoms with E-state index in [-0.39, 0.29) is 18.3 Å². The number of amides is 2. The number of carbonyl (C=O) groups is 3. The number of fused-ring (bicyclic) bond motifs is 1. The molecule has 0 bridgehead atoms. The van der Waals surface area contributed by atoms with E-state index in [0.29, 0.717) is 37.1 Å². The normalized spacial score (nSPS) is 13.5. The van der Waals surface area contributed by atoms with Crippen LogP contribution in [0.3, 0.4) is 0 Å². The molecule has 0 spiro atoms. The molecule has 5 N–H and O–H groups in total. The second-order valence-electron chi connectivity index (χ2n) is 8.41. The van der Waals surface area contributed by atoms with Crippen LogP contribution >= 0.6 is 0 Å². The Morgan fingerprint density at radius 1 is 1.09 bits per heavy atom. The van der Waals surface area contributed by atoms with Crippen molar-refractivity contribution in [3.05, 3.63) is 88.7 Å². The van der Waals surface area contributed by atoms with Gasteiger partial charge in [0.05, 0.1) is 5.69 Å². The average molecular weight is 475 g/mol. The van der Waals surface area contributed by atoms with Crippen molar-refractivity contribution in [3.8, 4) is 0 Å². The van der Waals surface area contributed by atoms with Crippen LogP contribution in [-0.4, -0.2) is 56.0 Å². The van der Waals surface area contributed by atoms with Gasteiger partial charge >= 0.3 is 5.97 Å². The van der Waals surface area contributed by atoms with E-state index in [1.807, 2.05) is 30.3 Å². The van der Waals surface area contributed by atoms with Crippen LogP contribution < -0.4 is 11.1 Å². The summed E-state index contributed by atoms with van der Waals surface area (Å²) in [5.41, 5.74) is 8.84. The number of benzene rings is 2. The van der Waals surface area contributed by atoms with Crippen LogP contribution in [0, 0.1) is 5.41 Å². The van der Waals surface area contributed by atoms with Crippen molar-refractivity contribution in [2.45, 2.75) is 32.0 Å². The second kappa shape index (κ2) is 10.2. The van der Waals surface area contributed by atoms with Gasteiger partial charge in [-0.05, 0) is 17.7 Å². The Kier molecular flexibility index (Phi) is 6.91. The molecule has 0 unspecified atom stereocenters. The molecule has 1 atom stereocenters. The Hall–Kier alpha value is -4.47. The Morgan fingerprint density at radius 2 is 1.77 bits per heavy atom. The summed E-state index contributed by atoms with van der Waals surface area (Å²) in [6.45, 7) is 0.475. The van der Waals surface area contributed by atoms with Crippen molar-refractivity contribution in [3.63, 3.8) is 0 Å². The zero-order valence-electron chi connectivity index (χ0n) is 19.0. The highest BCUT2D eigenvalue weighted by atomic mass is 16.4. The van der Waals surface area contributed by atoms with Gasteiger partial charge in [-0.2, -0.15) is 5.10 Å². The van der Waals surface area contributed by atoms with E-state index in [1.54, 1.807) is 35.4 Å². The molecule has 1 aliphatic rings. The van der Waals surface area contributed by atoms with Crippen molar-refractivity contribution in [1.29, 1.82) is 5.41 Å². The highest BCUT2D eigenvalue weighted by molar-refractivity contribution is 5.99. The van der Waals surface area contributed by atoms with E-state index in [0.717, 1.165) is 16.8 Å². The van der Waals surface area contributed by atoms with Gasteiger partial charge in [0.25, 0.3) is 5.91 Å².